The fraction of sp³-hybridized carbons (Fsp3) is 0.382. The van der Waals surface area contributed by atoms with Gasteiger partial charge in [0.25, 0.3) is 0 Å². The molecule has 4 heteroatoms. The van der Waals surface area contributed by atoms with Crippen molar-refractivity contribution in [3.8, 4) is 11.1 Å². The zero-order valence-electron chi connectivity index (χ0n) is 23.6. The number of hydrogen-bond acceptors (Lipinski definition) is 2. The van der Waals surface area contributed by atoms with Crippen molar-refractivity contribution in [1.82, 2.24) is 0 Å². The Balaban J connectivity index is 1.96. The number of hydrogen-bond donors (Lipinski definition) is 1. The zero-order chi connectivity index (χ0) is 27.4. The molecule has 200 valence electrons. The van der Waals surface area contributed by atoms with Gasteiger partial charge in [0.05, 0.1) is 17.9 Å². The van der Waals surface area contributed by atoms with Crippen LogP contribution in [0.2, 0.25) is 0 Å². The van der Waals surface area contributed by atoms with Gasteiger partial charge in [-0.1, -0.05) is 73.4 Å². The lowest BCUT2D eigenvalue weighted by atomic mass is 9.81. The summed E-state index contributed by atoms with van der Waals surface area (Å²) in [6.07, 6.45) is 7.48. The summed E-state index contributed by atoms with van der Waals surface area (Å²) in [5.74, 6) is -0.280. The molecular weight excluding hydrogens is 471 g/mol. The fourth-order valence-electron chi connectivity index (χ4n) is 5.91. The molecule has 3 aromatic rings. The molecule has 3 aromatic carbocycles. The van der Waals surface area contributed by atoms with Crippen LogP contribution in [0, 0.1) is 26.6 Å². The Hall–Kier alpha value is -3.40. The molecule has 0 spiro atoms. The van der Waals surface area contributed by atoms with E-state index in [1.54, 1.807) is 17.0 Å². The summed E-state index contributed by atoms with van der Waals surface area (Å²) < 4.78 is 13.6. The lowest BCUT2D eigenvalue weighted by Gasteiger charge is -2.39. The van der Waals surface area contributed by atoms with Crippen molar-refractivity contribution in [2.45, 2.75) is 85.2 Å². The molecule has 1 saturated carbocycles. The molecule has 1 amide bonds. The first-order valence-electron chi connectivity index (χ1n) is 13.7. The molecule has 3 nitrogen and oxygen atoms in total. The molecular formula is C34H41FN2O. The summed E-state index contributed by atoms with van der Waals surface area (Å²) in [6, 6.07) is 15.1. The minimum absolute atomic E-state index is 0.0466. The minimum atomic E-state index is -0.280. The van der Waals surface area contributed by atoms with Crippen molar-refractivity contribution in [2.24, 2.45) is 0 Å². The molecule has 0 aliphatic heterocycles. The number of rotatable bonds is 9. The van der Waals surface area contributed by atoms with Gasteiger partial charge in [0.2, 0.25) is 6.41 Å². The van der Waals surface area contributed by atoms with Crippen LogP contribution in [0.3, 0.4) is 0 Å². The first kappa shape index (κ1) is 27.6. The number of nitrogens with zero attached hydrogens (tertiary/aromatic N) is 1. The van der Waals surface area contributed by atoms with Crippen LogP contribution < -0.4 is 10.2 Å². The Bertz CT molecular complexity index is 1300. The normalized spacial score (nSPS) is 14.7. The van der Waals surface area contributed by atoms with Crippen LogP contribution in [0.1, 0.15) is 73.8 Å². The Kier molecular flexibility index (Phi) is 8.40. The van der Waals surface area contributed by atoms with E-state index in [1.165, 1.54) is 53.6 Å². The van der Waals surface area contributed by atoms with E-state index in [9.17, 15) is 9.18 Å². The highest BCUT2D eigenvalue weighted by atomic mass is 19.1. The highest BCUT2D eigenvalue weighted by Crippen LogP contribution is 2.46. The standard InChI is InChI=1S/C34H41FN2O/c1-23(2)20-30-25(4)33(37(22-38)21-27-12-16-29(35)17-13-27)32(36-34(6)18-8-7-9-19-34)26(5)31(30)28-14-10-24(3)11-15-28/h10-17,22,36H,1,7-9,18-21H2,2-6H3. The summed E-state index contributed by atoms with van der Waals surface area (Å²) in [7, 11) is 0. The van der Waals surface area contributed by atoms with E-state index < -0.39 is 0 Å². The van der Waals surface area contributed by atoms with Crippen molar-refractivity contribution in [2.75, 3.05) is 10.2 Å². The number of halogens is 1. The van der Waals surface area contributed by atoms with E-state index >= 15 is 0 Å². The largest absolute Gasteiger partial charge is 0.378 e. The minimum Gasteiger partial charge on any atom is -0.378 e. The smallest absolute Gasteiger partial charge is 0.214 e. The number of aryl methyl sites for hydroxylation is 1. The number of carbonyl (C=O) groups is 1. The molecule has 1 aliphatic carbocycles. The molecule has 0 saturated heterocycles. The number of carbonyl (C=O) groups excluding carboxylic acids is 1. The van der Waals surface area contributed by atoms with Gasteiger partial charge in [0.1, 0.15) is 5.82 Å². The fourth-order valence-corrected chi connectivity index (χ4v) is 5.91. The molecule has 1 fully saturated rings. The third-order valence-corrected chi connectivity index (χ3v) is 7.98. The lowest BCUT2D eigenvalue weighted by Crippen LogP contribution is -2.38. The van der Waals surface area contributed by atoms with Gasteiger partial charge >= 0.3 is 0 Å². The first-order chi connectivity index (χ1) is 18.1. The molecule has 1 N–H and O–H groups in total. The van der Waals surface area contributed by atoms with E-state index in [0.29, 0.717) is 6.54 Å². The maximum Gasteiger partial charge on any atom is 0.214 e. The van der Waals surface area contributed by atoms with Gasteiger partial charge in [-0.25, -0.2) is 4.39 Å². The van der Waals surface area contributed by atoms with Gasteiger partial charge in [-0.15, -0.1) is 0 Å². The molecule has 0 bridgehead atoms. The Morgan fingerprint density at radius 1 is 1.00 bits per heavy atom. The Labute approximate surface area is 227 Å². The number of allylic oxidation sites excluding steroid dienone is 1. The molecule has 0 aromatic heterocycles. The lowest BCUT2D eigenvalue weighted by molar-refractivity contribution is -0.107. The third-order valence-electron chi connectivity index (χ3n) is 7.98. The maximum absolute atomic E-state index is 13.6. The first-order valence-corrected chi connectivity index (χ1v) is 13.7. The highest BCUT2D eigenvalue weighted by Gasteiger charge is 2.31. The van der Waals surface area contributed by atoms with E-state index in [4.69, 9.17) is 0 Å². The SMILES string of the molecule is C=C(C)Cc1c(C)c(N(C=O)Cc2ccc(F)cc2)c(NC2(C)CCCCC2)c(C)c1-c1ccc(C)cc1. The van der Waals surface area contributed by atoms with Crippen LogP contribution in [0.25, 0.3) is 11.1 Å². The monoisotopic (exact) mass is 512 g/mol. The van der Waals surface area contributed by atoms with Crippen molar-refractivity contribution >= 4 is 17.8 Å². The highest BCUT2D eigenvalue weighted by molar-refractivity contribution is 5.94. The van der Waals surface area contributed by atoms with E-state index in [1.807, 2.05) is 0 Å². The van der Waals surface area contributed by atoms with Gasteiger partial charge < -0.3 is 10.2 Å². The molecule has 0 radical (unpaired) electrons. The van der Waals surface area contributed by atoms with E-state index in [0.717, 1.165) is 59.3 Å². The van der Waals surface area contributed by atoms with Crippen LogP contribution in [-0.4, -0.2) is 11.9 Å². The molecule has 4 rings (SSSR count). The van der Waals surface area contributed by atoms with Crippen LogP contribution in [0.15, 0.2) is 60.7 Å². The summed E-state index contributed by atoms with van der Waals surface area (Å²) in [4.78, 5) is 14.5. The second-order valence-corrected chi connectivity index (χ2v) is 11.4. The predicted molar refractivity (Wildman–Crippen MR) is 158 cm³/mol. The predicted octanol–water partition coefficient (Wildman–Crippen LogP) is 8.83. The number of anilines is 2. The van der Waals surface area contributed by atoms with Gasteiger partial charge in [-0.2, -0.15) is 0 Å². The third kappa shape index (κ3) is 6.01. The topological polar surface area (TPSA) is 32.3 Å². The number of amides is 1. The Morgan fingerprint density at radius 2 is 1.63 bits per heavy atom. The van der Waals surface area contributed by atoms with Gasteiger partial charge in [-0.05, 0) is 99.4 Å². The van der Waals surface area contributed by atoms with Crippen LogP contribution in [0.5, 0.6) is 0 Å². The van der Waals surface area contributed by atoms with Crippen LogP contribution in [-0.2, 0) is 17.8 Å². The molecule has 0 atom stereocenters. The molecule has 0 heterocycles. The van der Waals surface area contributed by atoms with Gasteiger partial charge in [0, 0.05) is 5.54 Å². The summed E-state index contributed by atoms with van der Waals surface area (Å²) in [5.41, 5.74) is 10.8. The molecule has 1 aliphatic rings. The second kappa shape index (κ2) is 11.6. The van der Waals surface area contributed by atoms with Crippen molar-refractivity contribution in [3.63, 3.8) is 0 Å². The van der Waals surface area contributed by atoms with Gasteiger partial charge in [0.15, 0.2) is 0 Å². The van der Waals surface area contributed by atoms with Crippen LogP contribution in [0.4, 0.5) is 15.8 Å². The van der Waals surface area contributed by atoms with Gasteiger partial charge in [-0.3, -0.25) is 4.79 Å². The van der Waals surface area contributed by atoms with E-state index in [2.05, 4.69) is 70.8 Å². The quantitative estimate of drug-likeness (QED) is 0.229. The van der Waals surface area contributed by atoms with Crippen molar-refractivity contribution < 1.29 is 9.18 Å². The summed E-state index contributed by atoms with van der Waals surface area (Å²) in [6.45, 7) is 15.4. The molecule has 0 unspecified atom stereocenters. The molecule has 38 heavy (non-hydrogen) atoms. The number of nitrogens with one attached hydrogen (secondary N) is 1. The second-order valence-electron chi connectivity index (χ2n) is 11.4. The summed E-state index contributed by atoms with van der Waals surface area (Å²) in [5, 5.41) is 3.96. The summed E-state index contributed by atoms with van der Waals surface area (Å²) >= 11 is 0. The average Bonchev–Trinajstić information content (AvgIpc) is 2.88. The van der Waals surface area contributed by atoms with E-state index in [-0.39, 0.29) is 11.4 Å². The Morgan fingerprint density at radius 3 is 2.21 bits per heavy atom. The average molecular weight is 513 g/mol. The van der Waals surface area contributed by atoms with Crippen molar-refractivity contribution in [1.29, 1.82) is 0 Å². The van der Waals surface area contributed by atoms with Crippen molar-refractivity contribution in [3.05, 3.63) is 94.3 Å². The van der Waals surface area contributed by atoms with Crippen LogP contribution >= 0.6 is 0 Å². The maximum atomic E-state index is 13.6. The number of benzene rings is 3. The zero-order valence-corrected chi connectivity index (χ0v) is 23.6.